The fourth-order valence-electron chi connectivity index (χ4n) is 1.19. The number of carbonyl (C=O) groups is 1. The molecule has 0 amide bonds. The summed E-state index contributed by atoms with van der Waals surface area (Å²) in [7, 11) is 1.43. The fourth-order valence-corrected chi connectivity index (χ4v) is 1.19. The van der Waals surface area contributed by atoms with E-state index in [0.717, 1.165) is 13.1 Å². The number of hydrogen-bond acceptors (Lipinski definition) is 3. The largest absolute Gasteiger partial charge is 0.468 e. The van der Waals surface area contributed by atoms with Crippen LogP contribution in [0.3, 0.4) is 0 Å². The second-order valence-corrected chi connectivity index (χ2v) is 2.56. The van der Waals surface area contributed by atoms with Gasteiger partial charge < -0.3 is 4.74 Å². The Hall–Kier alpha value is -0.570. The van der Waals surface area contributed by atoms with Crippen LogP contribution in [-0.2, 0) is 9.53 Å². The highest BCUT2D eigenvalue weighted by Gasteiger charge is 2.14. The van der Waals surface area contributed by atoms with Gasteiger partial charge in [-0.2, -0.15) is 0 Å². The van der Waals surface area contributed by atoms with Crippen LogP contribution in [0.15, 0.2) is 0 Å². The quantitative estimate of drug-likeness (QED) is 0.645. The Labute approximate surface area is 88.4 Å². The van der Waals surface area contributed by atoms with E-state index < -0.39 is 0 Å². The third-order valence-electron chi connectivity index (χ3n) is 1.78. The van der Waals surface area contributed by atoms with E-state index in [1.165, 1.54) is 20.0 Å². The van der Waals surface area contributed by atoms with E-state index in [9.17, 15) is 4.79 Å². The number of rotatable bonds is 2. The van der Waals surface area contributed by atoms with Crippen molar-refractivity contribution in [3.63, 3.8) is 0 Å². The zero-order valence-corrected chi connectivity index (χ0v) is 10.3. The Morgan fingerprint density at radius 3 is 1.93 bits per heavy atom. The zero-order chi connectivity index (χ0) is 11.4. The molecule has 1 fully saturated rings. The lowest BCUT2D eigenvalue weighted by Gasteiger charge is -2.11. The van der Waals surface area contributed by atoms with Gasteiger partial charge >= 0.3 is 5.97 Å². The van der Waals surface area contributed by atoms with Gasteiger partial charge in [-0.3, -0.25) is 9.69 Å². The molecule has 0 atom stereocenters. The van der Waals surface area contributed by atoms with Gasteiger partial charge in [0.05, 0.1) is 13.7 Å². The predicted octanol–water partition coefficient (Wildman–Crippen LogP) is 2.31. The second kappa shape index (κ2) is 12.4. The first-order valence-corrected chi connectivity index (χ1v) is 5.62. The molecule has 1 aliphatic rings. The molecule has 1 saturated heterocycles. The maximum absolute atomic E-state index is 10.7. The summed E-state index contributed by atoms with van der Waals surface area (Å²) in [4.78, 5) is 12.8. The van der Waals surface area contributed by atoms with E-state index in [-0.39, 0.29) is 5.97 Å². The maximum Gasteiger partial charge on any atom is 0.319 e. The molecule has 0 aromatic carbocycles. The first-order valence-electron chi connectivity index (χ1n) is 5.62. The Balaban J connectivity index is 0. The minimum absolute atomic E-state index is 0.123. The molecule has 1 rings (SSSR count). The molecule has 3 nitrogen and oxygen atoms in total. The van der Waals surface area contributed by atoms with Gasteiger partial charge in [0, 0.05) is 0 Å². The number of nitrogens with zero attached hydrogens (tertiary/aromatic N) is 1. The van der Waals surface area contributed by atoms with Crippen LogP contribution in [0.2, 0.25) is 0 Å². The van der Waals surface area contributed by atoms with Gasteiger partial charge in [0.25, 0.3) is 0 Å². The van der Waals surface area contributed by atoms with Gasteiger partial charge in [-0.15, -0.1) is 0 Å². The molecule has 1 aliphatic heterocycles. The van der Waals surface area contributed by atoms with E-state index in [0.29, 0.717) is 6.54 Å². The van der Waals surface area contributed by atoms with Crippen molar-refractivity contribution in [2.45, 2.75) is 40.5 Å². The smallest absolute Gasteiger partial charge is 0.319 e. The summed E-state index contributed by atoms with van der Waals surface area (Å²) in [6, 6.07) is 0. The second-order valence-electron chi connectivity index (χ2n) is 2.56. The number of methoxy groups -OCH3 is 1. The van der Waals surface area contributed by atoms with Gasteiger partial charge in [-0.25, -0.2) is 0 Å². The first-order chi connectivity index (χ1) is 6.83. The van der Waals surface area contributed by atoms with Crippen LogP contribution in [0.4, 0.5) is 0 Å². The fraction of sp³-hybridized carbons (Fsp3) is 0.909. The summed E-state index contributed by atoms with van der Waals surface area (Å²) in [5.74, 6) is -0.123. The Bertz CT molecular complexity index is 120. The molecule has 14 heavy (non-hydrogen) atoms. The molecule has 0 aliphatic carbocycles. The Kier molecular flexibility index (Phi) is 14.1. The van der Waals surface area contributed by atoms with Gasteiger partial charge in [-0.1, -0.05) is 27.7 Å². The van der Waals surface area contributed by atoms with Crippen LogP contribution in [0.1, 0.15) is 40.5 Å². The summed E-state index contributed by atoms with van der Waals surface area (Å²) in [6.45, 7) is 10.6. The van der Waals surface area contributed by atoms with E-state index in [1.807, 2.05) is 27.7 Å². The van der Waals surface area contributed by atoms with Crippen LogP contribution < -0.4 is 0 Å². The van der Waals surface area contributed by atoms with Crippen molar-refractivity contribution in [1.82, 2.24) is 4.90 Å². The SMILES string of the molecule is CC.CC.COC(=O)CN1CCCC1. The number of hydrogen-bond donors (Lipinski definition) is 0. The minimum atomic E-state index is -0.123. The molecular formula is C11H25NO2. The van der Waals surface area contributed by atoms with Crippen molar-refractivity contribution in [1.29, 1.82) is 0 Å². The highest BCUT2D eigenvalue weighted by molar-refractivity contribution is 5.71. The summed E-state index contributed by atoms with van der Waals surface area (Å²) >= 11 is 0. The molecule has 0 saturated carbocycles. The molecule has 0 bridgehead atoms. The predicted molar refractivity (Wildman–Crippen MR) is 60.4 cm³/mol. The lowest BCUT2D eigenvalue weighted by atomic mass is 10.4. The highest BCUT2D eigenvalue weighted by Crippen LogP contribution is 2.05. The highest BCUT2D eigenvalue weighted by atomic mass is 16.5. The number of ether oxygens (including phenoxy) is 1. The lowest BCUT2D eigenvalue weighted by molar-refractivity contribution is -0.141. The molecule has 1 heterocycles. The van der Waals surface area contributed by atoms with Crippen LogP contribution in [0.25, 0.3) is 0 Å². The standard InChI is InChI=1S/C7H13NO2.2C2H6/c1-10-7(9)6-8-4-2-3-5-8;2*1-2/h2-6H2,1H3;2*1-2H3. The van der Waals surface area contributed by atoms with Crippen molar-refractivity contribution in [3.05, 3.63) is 0 Å². The normalized spacial score (nSPS) is 14.6. The van der Waals surface area contributed by atoms with Crippen molar-refractivity contribution < 1.29 is 9.53 Å². The van der Waals surface area contributed by atoms with Gasteiger partial charge in [0.15, 0.2) is 0 Å². The first kappa shape index (κ1) is 15.9. The molecule has 0 unspecified atom stereocenters. The third-order valence-corrected chi connectivity index (χ3v) is 1.78. The monoisotopic (exact) mass is 203 g/mol. The van der Waals surface area contributed by atoms with Crippen LogP contribution in [0, 0.1) is 0 Å². The van der Waals surface area contributed by atoms with Gasteiger partial charge in [0.1, 0.15) is 0 Å². The van der Waals surface area contributed by atoms with Crippen LogP contribution >= 0.6 is 0 Å². The Morgan fingerprint density at radius 1 is 1.14 bits per heavy atom. The molecule has 3 heteroatoms. The zero-order valence-electron chi connectivity index (χ0n) is 10.3. The summed E-state index contributed by atoms with van der Waals surface area (Å²) in [6.07, 6.45) is 2.44. The summed E-state index contributed by atoms with van der Waals surface area (Å²) < 4.78 is 4.53. The topological polar surface area (TPSA) is 29.5 Å². The van der Waals surface area contributed by atoms with E-state index in [1.54, 1.807) is 0 Å². The minimum Gasteiger partial charge on any atom is -0.468 e. The third kappa shape index (κ3) is 8.05. The summed E-state index contributed by atoms with van der Waals surface area (Å²) in [5, 5.41) is 0. The number of likely N-dealkylation sites (tertiary alicyclic amines) is 1. The van der Waals surface area contributed by atoms with Crippen LogP contribution in [0.5, 0.6) is 0 Å². The van der Waals surface area contributed by atoms with Crippen molar-refractivity contribution in [2.24, 2.45) is 0 Å². The summed E-state index contributed by atoms with van der Waals surface area (Å²) in [5.41, 5.74) is 0. The van der Waals surface area contributed by atoms with Crippen molar-refractivity contribution >= 4 is 5.97 Å². The Morgan fingerprint density at radius 2 is 1.57 bits per heavy atom. The number of esters is 1. The van der Waals surface area contributed by atoms with Crippen LogP contribution in [-0.4, -0.2) is 37.6 Å². The number of carbonyl (C=O) groups excluding carboxylic acids is 1. The molecule has 0 aromatic heterocycles. The van der Waals surface area contributed by atoms with Gasteiger partial charge in [0.2, 0.25) is 0 Å². The average Bonchev–Trinajstić information content (AvgIpc) is 2.76. The van der Waals surface area contributed by atoms with E-state index in [4.69, 9.17) is 0 Å². The van der Waals surface area contributed by atoms with Gasteiger partial charge in [-0.05, 0) is 25.9 Å². The molecular weight excluding hydrogens is 178 g/mol. The molecule has 86 valence electrons. The van der Waals surface area contributed by atoms with E-state index in [2.05, 4.69) is 9.64 Å². The molecule has 0 radical (unpaired) electrons. The van der Waals surface area contributed by atoms with Crippen molar-refractivity contribution in [3.8, 4) is 0 Å². The molecule has 0 spiro atoms. The molecule has 0 N–H and O–H groups in total. The average molecular weight is 203 g/mol. The van der Waals surface area contributed by atoms with E-state index >= 15 is 0 Å². The maximum atomic E-state index is 10.7. The van der Waals surface area contributed by atoms with Crippen molar-refractivity contribution in [2.75, 3.05) is 26.7 Å². The molecule has 0 aromatic rings. The lowest BCUT2D eigenvalue weighted by Crippen LogP contribution is -2.27.